The van der Waals surface area contributed by atoms with Crippen LogP contribution in [0.15, 0.2) is 76.5 Å². The number of aryl methyl sites for hydroxylation is 2. The maximum Gasteiger partial charge on any atom is 0.326 e. The van der Waals surface area contributed by atoms with Crippen LogP contribution in [-0.4, -0.2) is 55.1 Å². The molecule has 0 heterocycles. The minimum Gasteiger partial charge on any atom is -0.465 e. The first-order chi connectivity index (χ1) is 19.4. The molecule has 3 aromatic rings. The van der Waals surface area contributed by atoms with Gasteiger partial charge in [0.2, 0.25) is 0 Å². The summed E-state index contributed by atoms with van der Waals surface area (Å²) in [6.07, 6.45) is 0. The highest BCUT2D eigenvalue weighted by Crippen LogP contribution is 2.40. The molecule has 0 N–H and O–H groups in total. The number of sulfonamides is 2. The molecule has 0 bridgehead atoms. The molecule has 41 heavy (non-hydrogen) atoms. The Bertz CT molecular complexity index is 1490. The summed E-state index contributed by atoms with van der Waals surface area (Å²) in [5, 5.41) is 0. The van der Waals surface area contributed by atoms with Crippen molar-refractivity contribution in [2.45, 2.75) is 44.4 Å². The van der Waals surface area contributed by atoms with Crippen LogP contribution in [0.4, 0.5) is 11.4 Å². The third kappa shape index (κ3) is 6.88. The topological polar surface area (TPSA) is 127 Å². The lowest BCUT2D eigenvalue weighted by molar-refractivity contribution is -0.142. The summed E-state index contributed by atoms with van der Waals surface area (Å²) in [6.45, 7) is 6.87. The first kappa shape index (κ1) is 31.6. The van der Waals surface area contributed by atoms with Crippen molar-refractivity contribution in [2.24, 2.45) is 0 Å². The first-order valence-electron chi connectivity index (χ1n) is 12.9. The molecule has 0 saturated carbocycles. The lowest BCUT2D eigenvalue weighted by atomic mass is 10.0. The van der Waals surface area contributed by atoms with Gasteiger partial charge >= 0.3 is 11.9 Å². The molecule has 0 fully saturated rings. The van der Waals surface area contributed by atoms with Gasteiger partial charge in [-0.15, -0.1) is 0 Å². The second-order valence-corrected chi connectivity index (χ2v) is 12.8. The van der Waals surface area contributed by atoms with Gasteiger partial charge in [-0.3, -0.25) is 18.2 Å². The summed E-state index contributed by atoms with van der Waals surface area (Å²) >= 11 is 0. The largest absolute Gasteiger partial charge is 0.465 e. The number of carbonyl (C=O) groups excluding carboxylic acids is 2. The lowest BCUT2D eigenvalue weighted by Crippen LogP contribution is -2.40. The van der Waals surface area contributed by atoms with Crippen molar-refractivity contribution in [3.63, 3.8) is 0 Å². The van der Waals surface area contributed by atoms with Crippen molar-refractivity contribution in [1.29, 1.82) is 0 Å². The van der Waals surface area contributed by atoms with Gasteiger partial charge in [-0.05, 0) is 75.6 Å². The highest BCUT2D eigenvalue weighted by atomic mass is 32.2. The number of hydrogen-bond donors (Lipinski definition) is 0. The molecule has 0 saturated heterocycles. The smallest absolute Gasteiger partial charge is 0.326 e. The molecule has 0 aliphatic heterocycles. The number of esters is 2. The van der Waals surface area contributed by atoms with Gasteiger partial charge in [-0.2, -0.15) is 0 Å². The Balaban J connectivity index is 2.34. The second kappa shape index (κ2) is 13.2. The van der Waals surface area contributed by atoms with Gasteiger partial charge in [-0.25, -0.2) is 16.8 Å². The van der Waals surface area contributed by atoms with Gasteiger partial charge < -0.3 is 9.47 Å². The van der Waals surface area contributed by atoms with Crippen molar-refractivity contribution in [1.82, 2.24) is 0 Å². The highest BCUT2D eigenvalue weighted by molar-refractivity contribution is 7.93. The maximum atomic E-state index is 13.9. The Labute approximate surface area is 241 Å². The number of anilines is 2. The quantitative estimate of drug-likeness (QED) is 0.283. The molecule has 0 spiro atoms. The molecule has 0 aliphatic carbocycles. The van der Waals surface area contributed by atoms with E-state index < -0.39 is 45.1 Å². The molecule has 10 nitrogen and oxygen atoms in total. The summed E-state index contributed by atoms with van der Waals surface area (Å²) < 4.78 is 67.8. The Hall–Kier alpha value is -3.90. The fraction of sp³-hybridized carbons (Fsp3) is 0.310. The molecule has 0 unspecified atom stereocenters. The standard InChI is InChI=1S/C29H34N2O8S2/c1-6-38-26(32)19-30(40(34,35)24-14-10-8-11-15-24)28-21(3)18-22(4)29(23(28)5)31(20-27(33)39-7-2)41(36,37)25-16-12-9-13-17-25/h8-18H,6-7,19-20H2,1-5H3. The Kier molecular flexibility index (Phi) is 10.2. The molecule has 0 aliphatic rings. The highest BCUT2D eigenvalue weighted by Gasteiger charge is 2.35. The number of hydrogen-bond acceptors (Lipinski definition) is 8. The van der Waals surface area contributed by atoms with Crippen LogP contribution in [0, 0.1) is 20.8 Å². The van der Waals surface area contributed by atoms with E-state index in [9.17, 15) is 26.4 Å². The SMILES string of the molecule is CCOC(=O)CN(c1c(C)cc(C)c(N(CC(=O)OCC)S(=O)(=O)c2ccccc2)c1C)S(=O)(=O)c1ccccc1. The summed E-state index contributed by atoms with van der Waals surface area (Å²) in [6, 6.07) is 16.8. The van der Waals surface area contributed by atoms with E-state index in [2.05, 4.69) is 0 Å². The van der Waals surface area contributed by atoms with Crippen molar-refractivity contribution in [3.05, 3.63) is 83.4 Å². The number of ether oxygens (including phenoxy) is 2. The summed E-state index contributed by atoms with van der Waals surface area (Å²) in [7, 11) is -8.63. The fourth-order valence-corrected chi connectivity index (χ4v) is 7.69. The number of nitrogens with zero attached hydrogens (tertiary/aromatic N) is 2. The average Bonchev–Trinajstić information content (AvgIpc) is 2.93. The molecular weight excluding hydrogens is 568 g/mol. The molecule has 12 heteroatoms. The van der Waals surface area contributed by atoms with Crippen LogP contribution in [0.3, 0.4) is 0 Å². The molecule has 0 amide bonds. The van der Waals surface area contributed by atoms with Crippen LogP contribution >= 0.6 is 0 Å². The van der Waals surface area contributed by atoms with Crippen LogP contribution in [0.2, 0.25) is 0 Å². The molecule has 0 atom stereocenters. The third-order valence-electron chi connectivity index (χ3n) is 6.21. The Morgan fingerprint density at radius 1 is 0.634 bits per heavy atom. The van der Waals surface area contributed by atoms with E-state index >= 15 is 0 Å². The molecule has 220 valence electrons. The summed E-state index contributed by atoms with van der Waals surface area (Å²) in [5.41, 5.74) is 1.37. The van der Waals surface area contributed by atoms with E-state index in [-0.39, 0.29) is 39.9 Å². The van der Waals surface area contributed by atoms with E-state index in [4.69, 9.17) is 9.47 Å². The monoisotopic (exact) mass is 602 g/mol. The third-order valence-corrected chi connectivity index (χ3v) is 9.73. The summed E-state index contributed by atoms with van der Waals surface area (Å²) in [5.74, 6) is -1.57. The van der Waals surface area contributed by atoms with Gasteiger partial charge in [0.05, 0.1) is 34.4 Å². The first-order valence-corrected chi connectivity index (χ1v) is 15.8. The number of carbonyl (C=O) groups is 2. The average molecular weight is 603 g/mol. The zero-order chi connectivity index (χ0) is 30.4. The van der Waals surface area contributed by atoms with Crippen LogP contribution in [0.5, 0.6) is 0 Å². The maximum absolute atomic E-state index is 13.9. The summed E-state index contributed by atoms with van der Waals surface area (Å²) in [4.78, 5) is 25.2. The molecule has 0 aromatic heterocycles. The lowest BCUT2D eigenvalue weighted by Gasteiger charge is -2.32. The van der Waals surface area contributed by atoms with Gasteiger partial charge in [0.25, 0.3) is 20.0 Å². The van der Waals surface area contributed by atoms with E-state index in [1.165, 1.54) is 24.3 Å². The minimum absolute atomic E-state index is 0.0395. The van der Waals surface area contributed by atoms with Gasteiger partial charge in [0.15, 0.2) is 0 Å². The number of benzene rings is 3. The van der Waals surface area contributed by atoms with E-state index in [0.29, 0.717) is 11.1 Å². The van der Waals surface area contributed by atoms with E-state index in [0.717, 1.165) is 8.61 Å². The van der Waals surface area contributed by atoms with Crippen molar-refractivity contribution in [2.75, 3.05) is 34.9 Å². The number of rotatable bonds is 12. The van der Waals surface area contributed by atoms with Gasteiger partial charge in [-0.1, -0.05) is 42.5 Å². The predicted molar refractivity (Wildman–Crippen MR) is 156 cm³/mol. The van der Waals surface area contributed by atoms with Gasteiger partial charge in [0.1, 0.15) is 13.1 Å². The van der Waals surface area contributed by atoms with Crippen LogP contribution in [0.25, 0.3) is 0 Å². The molecule has 3 aromatic carbocycles. The van der Waals surface area contributed by atoms with E-state index in [1.54, 1.807) is 77.1 Å². The Morgan fingerprint density at radius 3 is 1.29 bits per heavy atom. The van der Waals surface area contributed by atoms with E-state index in [1.807, 2.05) is 0 Å². The molecular formula is C29H34N2O8S2. The second-order valence-electron chi connectivity index (χ2n) is 9.09. The van der Waals surface area contributed by atoms with Crippen molar-refractivity contribution in [3.8, 4) is 0 Å². The minimum atomic E-state index is -4.31. The molecule has 0 radical (unpaired) electrons. The predicted octanol–water partition coefficient (Wildman–Crippen LogP) is 4.13. The van der Waals surface area contributed by atoms with Crippen LogP contribution in [-0.2, 0) is 39.1 Å². The van der Waals surface area contributed by atoms with Crippen LogP contribution in [0.1, 0.15) is 30.5 Å². The van der Waals surface area contributed by atoms with Crippen molar-refractivity contribution < 1.29 is 35.9 Å². The normalized spacial score (nSPS) is 11.5. The zero-order valence-corrected chi connectivity index (χ0v) is 25.3. The fourth-order valence-electron chi connectivity index (χ4n) is 4.59. The van der Waals surface area contributed by atoms with Crippen LogP contribution < -0.4 is 8.61 Å². The zero-order valence-electron chi connectivity index (χ0n) is 23.7. The van der Waals surface area contributed by atoms with Gasteiger partial charge in [0, 0.05) is 0 Å². The molecule has 3 rings (SSSR count). The van der Waals surface area contributed by atoms with Crippen molar-refractivity contribution >= 4 is 43.4 Å². The Morgan fingerprint density at radius 2 is 0.976 bits per heavy atom.